The average Bonchev–Trinajstić information content (AvgIpc) is 3.89. The van der Waals surface area contributed by atoms with E-state index >= 15 is 0 Å². The van der Waals surface area contributed by atoms with Crippen molar-refractivity contribution in [2.75, 3.05) is 26.4 Å². The molecule has 4 rings (SSSR count). The lowest BCUT2D eigenvalue weighted by atomic mass is 10.1. The SMILES string of the molecule is CCN(C(=O)OC(C)(C)C)[C@]1(CC)C[C@H]1COCc1ccccc1.CCOC(=O)[C@@]1(C)C[C@H]1COCc1ccccc1.O=C=O. The van der Waals surface area contributed by atoms with E-state index < -0.39 is 5.60 Å². The maximum absolute atomic E-state index is 12.5. The average molecular weight is 626 g/mol. The van der Waals surface area contributed by atoms with Crippen molar-refractivity contribution in [1.82, 2.24) is 4.90 Å². The van der Waals surface area contributed by atoms with Crippen molar-refractivity contribution in [3.8, 4) is 0 Å². The first-order valence-electron chi connectivity index (χ1n) is 15.8. The lowest BCUT2D eigenvalue weighted by Gasteiger charge is -2.33. The number of carbonyl (C=O) groups excluding carboxylic acids is 4. The van der Waals surface area contributed by atoms with E-state index in [0.717, 1.165) is 24.8 Å². The molecule has 248 valence electrons. The fourth-order valence-corrected chi connectivity index (χ4v) is 5.51. The monoisotopic (exact) mass is 625 g/mol. The van der Waals surface area contributed by atoms with E-state index in [2.05, 4.69) is 19.1 Å². The third kappa shape index (κ3) is 11.7. The first-order chi connectivity index (χ1) is 21.4. The van der Waals surface area contributed by atoms with E-state index in [1.54, 1.807) is 0 Å². The van der Waals surface area contributed by atoms with Gasteiger partial charge >= 0.3 is 18.2 Å². The zero-order valence-electron chi connectivity index (χ0n) is 28.0. The summed E-state index contributed by atoms with van der Waals surface area (Å²) in [6.07, 6.45) is 2.84. The molecule has 45 heavy (non-hydrogen) atoms. The van der Waals surface area contributed by atoms with Crippen molar-refractivity contribution in [1.29, 1.82) is 0 Å². The second kappa shape index (κ2) is 17.8. The van der Waals surface area contributed by atoms with Crippen LogP contribution in [0.4, 0.5) is 4.79 Å². The van der Waals surface area contributed by atoms with Gasteiger partial charge in [-0.05, 0) is 77.8 Å². The van der Waals surface area contributed by atoms with Crippen LogP contribution in [0.25, 0.3) is 0 Å². The largest absolute Gasteiger partial charge is 0.466 e. The van der Waals surface area contributed by atoms with Crippen LogP contribution in [0.2, 0.25) is 0 Å². The van der Waals surface area contributed by atoms with Gasteiger partial charge in [0.2, 0.25) is 0 Å². The molecular weight excluding hydrogens is 574 g/mol. The normalized spacial score (nSPS) is 22.7. The van der Waals surface area contributed by atoms with Crippen molar-refractivity contribution < 1.29 is 38.1 Å². The highest BCUT2D eigenvalue weighted by Crippen LogP contribution is 2.53. The van der Waals surface area contributed by atoms with E-state index in [1.165, 1.54) is 5.56 Å². The Kier molecular flexibility index (Phi) is 14.9. The van der Waals surface area contributed by atoms with Gasteiger partial charge in [-0.15, -0.1) is 0 Å². The maximum Gasteiger partial charge on any atom is 0.410 e. The quantitative estimate of drug-likeness (QED) is 0.223. The van der Waals surface area contributed by atoms with Crippen LogP contribution in [0, 0.1) is 17.3 Å². The van der Waals surface area contributed by atoms with Crippen molar-refractivity contribution in [3.05, 3.63) is 71.8 Å². The topological polar surface area (TPSA) is 108 Å². The van der Waals surface area contributed by atoms with Crippen LogP contribution in [0.1, 0.15) is 78.9 Å². The van der Waals surface area contributed by atoms with Gasteiger partial charge < -0.3 is 23.8 Å². The molecule has 0 saturated heterocycles. The smallest absolute Gasteiger partial charge is 0.410 e. The molecule has 0 aromatic heterocycles. The molecule has 0 N–H and O–H groups in total. The summed E-state index contributed by atoms with van der Waals surface area (Å²) in [5, 5.41) is 0. The van der Waals surface area contributed by atoms with Crippen LogP contribution in [0.5, 0.6) is 0 Å². The highest BCUT2D eigenvalue weighted by Gasteiger charge is 2.59. The molecule has 2 saturated carbocycles. The summed E-state index contributed by atoms with van der Waals surface area (Å²) in [7, 11) is 0. The molecule has 2 aromatic rings. The standard InChI is InChI=1S/C20H31NO3.C15H20O3.CO2/c1-6-20(21(7-2)18(22)24-19(3,4)5)13-17(20)15-23-14-16-11-9-8-10-12-16;1-3-18-14(16)15(2)9-13(15)11-17-10-12-7-5-4-6-8-12;2-1-3/h8-12,17H,6-7,13-15H2,1-5H3;4-8,13H,3,9-11H2,1-2H3;/t17-,20+;13-,15-;/m00./s1. The summed E-state index contributed by atoms with van der Waals surface area (Å²) in [6.45, 7) is 17.3. The molecule has 2 aliphatic carbocycles. The van der Waals surface area contributed by atoms with E-state index in [9.17, 15) is 9.59 Å². The first-order valence-corrected chi connectivity index (χ1v) is 15.8. The van der Waals surface area contributed by atoms with Crippen molar-refractivity contribution in [2.45, 2.75) is 92.1 Å². The lowest BCUT2D eigenvalue weighted by Crippen LogP contribution is -2.46. The minimum Gasteiger partial charge on any atom is -0.466 e. The molecule has 0 aliphatic heterocycles. The molecule has 4 atom stereocenters. The predicted octanol–water partition coefficient (Wildman–Crippen LogP) is 6.84. The van der Waals surface area contributed by atoms with E-state index in [0.29, 0.717) is 51.4 Å². The summed E-state index contributed by atoms with van der Waals surface area (Å²) in [5.74, 6) is 0.609. The van der Waals surface area contributed by atoms with Crippen LogP contribution in [-0.2, 0) is 46.5 Å². The van der Waals surface area contributed by atoms with Crippen molar-refractivity contribution in [2.24, 2.45) is 17.3 Å². The van der Waals surface area contributed by atoms with Gasteiger partial charge in [0.25, 0.3) is 0 Å². The minimum atomic E-state index is -0.465. The number of rotatable bonds is 13. The van der Waals surface area contributed by atoms with Gasteiger partial charge in [0, 0.05) is 12.5 Å². The van der Waals surface area contributed by atoms with Gasteiger partial charge in [0.1, 0.15) is 5.60 Å². The van der Waals surface area contributed by atoms with Gasteiger partial charge in [0.15, 0.2) is 0 Å². The summed E-state index contributed by atoms with van der Waals surface area (Å²) in [6, 6.07) is 20.2. The number of nitrogens with zero attached hydrogens (tertiary/aromatic N) is 1. The number of esters is 1. The van der Waals surface area contributed by atoms with Crippen LogP contribution < -0.4 is 0 Å². The summed E-state index contributed by atoms with van der Waals surface area (Å²) in [5.41, 5.74) is 1.46. The summed E-state index contributed by atoms with van der Waals surface area (Å²) >= 11 is 0. The van der Waals surface area contributed by atoms with Gasteiger partial charge in [0.05, 0.1) is 44.0 Å². The van der Waals surface area contributed by atoms with Gasteiger partial charge in [-0.3, -0.25) is 4.79 Å². The number of ether oxygens (including phenoxy) is 4. The summed E-state index contributed by atoms with van der Waals surface area (Å²) in [4.78, 5) is 42.4. The second-order valence-corrected chi connectivity index (χ2v) is 12.7. The Morgan fingerprint density at radius 2 is 1.33 bits per heavy atom. The Bertz CT molecular complexity index is 1210. The Labute approximate surface area is 268 Å². The fraction of sp³-hybridized carbons (Fsp3) is 0.583. The minimum absolute atomic E-state index is 0.0849. The highest BCUT2D eigenvalue weighted by atomic mass is 16.6. The third-order valence-electron chi connectivity index (χ3n) is 8.29. The maximum atomic E-state index is 12.5. The van der Waals surface area contributed by atoms with E-state index in [4.69, 9.17) is 28.5 Å². The number of carbonyl (C=O) groups is 2. The van der Waals surface area contributed by atoms with Gasteiger partial charge in [-0.25, -0.2) is 4.79 Å². The zero-order valence-corrected chi connectivity index (χ0v) is 28.0. The zero-order chi connectivity index (χ0) is 33.5. The molecular formula is C36H51NO8. The van der Waals surface area contributed by atoms with E-state index in [1.807, 2.05) is 95.0 Å². The van der Waals surface area contributed by atoms with Gasteiger partial charge in [-0.1, -0.05) is 67.6 Å². The molecule has 2 fully saturated rings. The van der Waals surface area contributed by atoms with Crippen LogP contribution >= 0.6 is 0 Å². The van der Waals surface area contributed by atoms with Crippen molar-refractivity contribution >= 4 is 18.2 Å². The van der Waals surface area contributed by atoms with Crippen LogP contribution in [-0.4, -0.2) is 60.6 Å². The third-order valence-corrected chi connectivity index (χ3v) is 8.29. The Morgan fingerprint density at radius 3 is 1.76 bits per heavy atom. The molecule has 2 aromatic carbocycles. The number of hydrogen-bond acceptors (Lipinski definition) is 8. The molecule has 0 bridgehead atoms. The first kappa shape index (κ1) is 37.7. The van der Waals surface area contributed by atoms with Crippen LogP contribution in [0.15, 0.2) is 60.7 Å². The van der Waals surface area contributed by atoms with Crippen molar-refractivity contribution in [3.63, 3.8) is 0 Å². The highest BCUT2D eigenvalue weighted by molar-refractivity contribution is 5.80. The Morgan fingerprint density at radius 1 is 0.844 bits per heavy atom. The molecule has 0 radical (unpaired) electrons. The number of benzene rings is 2. The molecule has 0 heterocycles. The summed E-state index contributed by atoms with van der Waals surface area (Å²) < 4.78 is 22.2. The number of amides is 1. The fourth-order valence-electron chi connectivity index (χ4n) is 5.51. The van der Waals surface area contributed by atoms with Crippen LogP contribution in [0.3, 0.4) is 0 Å². The molecule has 9 nitrogen and oxygen atoms in total. The van der Waals surface area contributed by atoms with E-state index in [-0.39, 0.29) is 29.2 Å². The predicted molar refractivity (Wildman–Crippen MR) is 170 cm³/mol. The Balaban J connectivity index is 0.000000298. The molecule has 9 heteroatoms. The second-order valence-electron chi connectivity index (χ2n) is 12.7. The number of hydrogen-bond donors (Lipinski definition) is 0. The molecule has 0 spiro atoms. The molecule has 0 unspecified atom stereocenters. The van der Waals surface area contributed by atoms with Gasteiger partial charge in [-0.2, -0.15) is 9.59 Å². The molecule has 1 amide bonds. The lowest BCUT2D eigenvalue weighted by molar-refractivity contribution is -0.191. The Hall–Kier alpha value is -3.52. The molecule has 2 aliphatic rings.